The number of carbonyl (C=O) groups is 1. The van der Waals surface area contributed by atoms with E-state index in [9.17, 15) is 4.79 Å². The molecule has 1 aliphatic carbocycles. The predicted octanol–water partition coefficient (Wildman–Crippen LogP) is 3.59. The minimum atomic E-state index is -0.718. The predicted molar refractivity (Wildman–Crippen MR) is 85.5 cm³/mol. The van der Waals surface area contributed by atoms with Gasteiger partial charge in [0.1, 0.15) is 0 Å². The van der Waals surface area contributed by atoms with Crippen molar-refractivity contribution in [3.63, 3.8) is 0 Å². The van der Waals surface area contributed by atoms with Gasteiger partial charge in [-0.25, -0.2) is 0 Å². The molecule has 1 aromatic carbocycles. The molecule has 1 aromatic rings. The van der Waals surface area contributed by atoms with Crippen LogP contribution in [0.5, 0.6) is 0 Å². The Kier molecular flexibility index (Phi) is 4.72. The Bertz CT molecular complexity index is 483. The van der Waals surface area contributed by atoms with Crippen LogP contribution in [-0.2, 0) is 10.2 Å². The Morgan fingerprint density at radius 3 is 2.67 bits per heavy atom. The molecule has 2 rings (SSSR count). The number of nitrogens with one attached hydrogen (secondary N) is 1. The molecule has 0 aromatic heterocycles. The van der Waals surface area contributed by atoms with E-state index < -0.39 is 11.4 Å². The quantitative estimate of drug-likeness (QED) is 0.841. The van der Waals surface area contributed by atoms with Crippen molar-refractivity contribution in [2.24, 2.45) is 5.41 Å². The van der Waals surface area contributed by atoms with E-state index in [4.69, 9.17) is 5.11 Å². The molecule has 3 nitrogen and oxygen atoms in total. The molecular weight excluding hydrogens is 262 g/mol. The van der Waals surface area contributed by atoms with Crippen LogP contribution >= 0.6 is 0 Å². The zero-order valence-electron chi connectivity index (χ0n) is 13.4. The third-order valence-corrected chi connectivity index (χ3v) is 4.97. The van der Waals surface area contributed by atoms with Gasteiger partial charge >= 0.3 is 5.97 Å². The monoisotopic (exact) mass is 289 g/mol. The molecule has 21 heavy (non-hydrogen) atoms. The van der Waals surface area contributed by atoms with E-state index in [1.165, 1.54) is 18.4 Å². The summed E-state index contributed by atoms with van der Waals surface area (Å²) in [7, 11) is 0. The van der Waals surface area contributed by atoms with Gasteiger partial charge in [-0.2, -0.15) is 0 Å². The van der Waals surface area contributed by atoms with Gasteiger partial charge in [0, 0.05) is 6.04 Å². The number of benzene rings is 1. The number of hydrogen-bond donors (Lipinski definition) is 2. The van der Waals surface area contributed by atoms with Crippen molar-refractivity contribution in [1.29, 1.82) is 0 Å². The Morgan fingerprint density at radius 1 is 1.38 bits per heavy atom. The van der Waals surface area contributed by atoms with Crippen LogP contribution in [-0.4, -0.2) is 23.7 Å². The number of aliphatic carboxylic acids is 1. The summed E-state index contributed by atoms with van der Waals surface area (Å²) < 4.78 is 0. The normalized spacial score (nSPS) is 26.0. The van der Waals surface area contributed by atoms with E-state index in [2.05, 4.69) is 42.6 Å². The van der Waals surface area contributed by atoms with Crippen LogP contribution in [0.4, 0.5) is 0 Å². The maximum atomic E-state index is 11.1. The second-order valence-electron chi connectivity index (χ2n) is 7.26. The molecule has 116 valence electrons. The zero-order chi connectivity index (χ0) is 15.5. The first-order chi connectivity index (χ1) is 9.83. The largest absolute Gasteiger partial charge is 0.481 e. The minimum absolute atomic E-state index is 0.251. The molecule has 2 N–H and O–H groups in total. The summed E-state index contributed by atoms with van der Waals surface area (Å²) in [6.07, 6.45) is 4.15. The molecule has 2 atom stereocenters. The second kappa shape index (κ2) is 6.18. The lowest BCUT2D eigenvalue weighted by atomic mass is 9.81. The van der Waals surface area contributed by atoms with Gasteiger partial charge in [-0.1, -0.05) is 37.3 Å². The first-order valence-corrected chi connectivity index (χ1v) is 7.86. The van der Waals surface area contributed by atoms with Crippen LogP contribution in [0.2, 0.25) is 0 Å². The van der Waals surface area contributed by atoms with Crippen molar-refractivity contribution < 1.29 is 9.90 Å². The Hall–Kier alpha value is -1.35. The van der Waals surface area contributed by atoms with Gasteiger partial charge in [0.25, 0.3) is 0 Å². The van der Waals surface area contributed by atoms with Gasteiger partial charge in [0.05, 0.1) is 5.41 Å². The summed E-state index contributed by atoms with van der Waals surface area (Å²) in [5, 5.41) is 12.7. The first-order valence-electron chi connectivity index (χ1n) is 7.86. The summed E-state index contributed by atoms with van der Waals surface area (Å²) >= 11 is 0. The fraction of sp³-hybridized carbons (Fsp3) is 0.611. The van der Waals surface area contributed by atoms with Crippen molar-refractivity contribution in [1.82, 2.24) is 5.32 Å². The average molecular weight is 289 g/mol. The lowest BCUT2D eigenvalue weighted by Gasteiger charge is -2.25. The maximum absolute atomic E-state index is 11.1. The van der Waals surface area contributed by atoms with Crippen LogP contribution in [0.3, 0.4) is 0 Å². The molecule has 0 radical (unpaired) electrons. The van der Waals surface area contributed by atoms with Gasteiger partial charge in [-0.05, 0) is 57.1 Å². The van der Waals surface area contributed by atoms with Gasteiger partial charge in [0.2, 0.25) is 0 Å². The van der Waals surface area contributed by atoms with Crippen LogP contribution in [0.1, 0.15) is 52.0 Å². The van der Waals surface area contributed by atoms with Crippen molar-refractivity contribution in [2.45, 2.75) is 57.9 Å². The Morgan fingerprint density at radius 2 is 2.05 bits per heavy atom. The van der Waals surface area contributed by atoms with Crippen LogP contribution in [0, 0.1) is 5.41 Å². The highest BCUT2D eigenvalue weighted by molar-refractivity contribution is 5.73. The molecule has 0 heterocycles. The maximum Gasteiger partial charge on any atom is 0.309 e. The SMILES string of the molecule is CC(C)(CCNC1CCC(C)(c2ccccc2)C1)C(=O)O. The average Bonchev–Trinajstić information content (AvgIpc) is 2.82. The highest BCUT2D eigenvalue weighted by atomic mass is 16.4. The third-order valence-electron chi connectivity index (χ3n) is 4.97. The van der Waals surface area contributed by atoms with Crippen molar-refractivity contribution in [3.05, 3.63) is 35.9 Å². The van der Waals surface area contributed by atoms with Gasteiger partial charge in [0.15, 0.2) is 0 Å². The fourth-order valence-electron chi connectivity index (χ4n) is 3.21. The highest BCUT2D eigenvalue weighted by Crippen LogP contribution is 2.40. The van der Waals surface area contributed by atoms with E-state index in [1.807, 2.05) is 0 Å². The fourth-order valence-corrected chi connectivity index (χ4v) is 3.21. The summed E-state index contributed by atoms with van der Waals surface area (Å²) in [5.41, 5.74) is 1.02. The van der Waals surface area contributed by atoms with E-state index in [0.29, 0.717) is 12.5 Å². The van der Waals surface area contributed by atoms with Gasteiger partial charge in [-0.15, -0.1) is 0 Å². The lowest BCUT2D eigenvalue weighted by Crippen LogP contribution is -2.34. The molecule has 0 spiro atoms. The standard InChI is InChI=1S/C18H27NO2/c1-17(2,16(20)21)11-12-19-15-9-10-18(3,13-15)14-7-5-4-6-8-14/h4-8,15,19H,9-13H2,1-3H3,(H,20,21). The smallest absolute Gasteiger partial charge is 0.309 e. The molecular formula is C18H27NO2. The van der Waals surface area contributed by atoms with E-state index >= 15 is 0 Å². The van der Waals surface area contributed by atoms with E-state index in [-0.39, 0.29) is 5.41 Å². The molecule has 0 aliphatic heterocycles. The van der Waals surface area contributed by atoms with Crippen molar-refractivity contribution in [3.8, 4) is 0 Å². The lowest BCUT2D eigenvalue weighted by molar-refractivity contribution is -0.147. The van der Waals surface area contributed by atoms with Crippen LogP contribution in [0.15, 0.2) is 30.3 Å². The van der Waals surface area contributed by atoms with Crippen LogP contribution < -0.4 is 5.32 Å². The highest BCUT2D eigenvalue weighted by Gasteiger charge is 2.36. The minimum Gasteiger partial charge on any atom is -0.481 e. The number of carboxylic acids is 1. The first kappa shape index (κ1) is 16.0. The zero-order valence-corrected chi connectivity index (χ0v) is 13.4. The van der Waals surface area contributed by atoms with E-state index in [1.54, 1.807) is 13.8 Å². The van der Waals surface area contributed by atoms with E-state index in [0.717, 1.165) is 13.0 Å². The summed E-state index contributed by atoms with van der Waals surface area (Å²) in [4.78, 5) is 11.1. The van der Waals surface area contributed by atoms with Crippen molar-refractivity contribution >= 4 is 5.97 Å². The topological polar surface area (TPSA) is 49.3 Å². The van der Waals surface area contributed by atoms with Crippen molar-refractivity contribution in [2.75, 3.05) is 6.54 Å². The number of hydrogen-bond acceptors (Lipinski definition) is 2. The molecule has 1 saturated carbocycles. The van der Waals surface area contributed by atoms with Gasteiger partial charge in [-0.3, -0.25) is 4.79 Å². The molecule has 0 bridgehead atoms. The molecule has 0 saturated heterocycles. The summed E-state index contributed by atoms with van der Waals surface area (Å²) in [6, 6.07) is 11.2. The molecule has 0 amide bonds. The number of carboxylic acid groups (broad SMARTS) is 1. The molecule has 1 fully saturated rings. The molecule has 2 unspecified atom stereocenters. The van der Waals surface area contributed by atoms with Gasteiger partial charge < -0.3 is 10.4 Å². The molecule has 1 aliphatic rings. The Balaban J connectivity index is 1.85. The Labute approximate surface area is 127 Å². The second-order valence-corrected chi connectivity index (χ2v) is 7.26. The van der Waals surface area contributed by atoms with Crippen LogP contribution in [0.25, 0.3) is 0 Å². The third kappa shape index (κ3) is 3.85. The number of rotatable bonds is 6. The summed E-state index contributed by atoms with van der Waals surface area (Å²) in [5.74, 6) is -0.718. The molecule has 3 heteroatoms. The summed E-state index contributed by atoms with van der Waals surface area (Å²) in [6.45, 7) is 6.69.